The van der Waals surface area contributed by atoms with E-state index >= 15 is 0 Å². The van der Waals surface area contributed by atoms with Gasteiger partial charge < -0.3 is 10.2 Å². The molecule has 4 nitrogen and oxygen atoms in total. The highest BCUT2D eigenvalue weighted by Crippen LogP contribution is 2.17. The van der Waals surface area contributed by atoms with E-state index in [9.17, 15) is 14.0 Å². The molecule has 2 amide bonds. The minimum absolute atomic E-state index is 0.0304. The van der Waals surface area contributed by atoms with Gasteiger partial charge >= 0.3 is 0 Å². The van der Waals surface area contributed by atoms with E-state index in [1.807, 2.05) is 16.7 Å². The van der Waals surface area contributed by atoms with E-state index in [0.29, 0.717) is 11.3 Å². The van der Waals surface area contributed by atoms with E-state index in [-0.39, 0.29) is 11.5 Å². The summed E-state index contributed by atoms with van der Waals surface area (Å²) in [6.07, 6.45) is 0. The van der Waals surface area contributed by atoms with E-state index in [0.717, 1.165) is 24.6 Å². The van der Waals surface area contributed by atoms with Crippen LogP contribution in [0.1, 0.15) is 20.7 Å². The summed E-state index contributed by atoms with van der Waals surface area (Å²) in [6, 6.07) is 12.3. The highest BCUT2D eigenvalue weighted by Gasteiger charge is 2.18. The molecule has 2 aromatic carbocycles. The zero-order valence-electron chi connectivity index (χ0n) is 13.0. The molecular formula is C18H17FN2O2S. The third kappa shape index (κ3) is 3.94. The van der Waals surface area contributed by atoms with Crippen LogP contribution in [0.5, 0.6) is 0 Å². The summed E-state index contributed by atoms with van der Waals surface area (Å²) in [6.45, 7) is 1.48. The van der Waals surface area contributed by atoms with Gasteiger partial charge in [0.2, 0.25) is 0 Å². The fourth-order valence-corrected chi connectivity index (χ4v) is 3.42. The number of benzene rings is 2. The molecule has 0 saturated carbocycles. The normalized spacial score (nSPS) is 14.3. The molecule has 124 valence electrons. The van der Waals surface area contributed by atoms with Crippen LogP contribution in [0.15, 0.2) is 48.5 Å². The summed E-state index contributed by atoms with van der Waals surface area (Å²) in [5.74, 6) is 0.990. The van der Waals surface area contributed by atoms with Gasteiger partial charge in [-0.2, -0.15) is 11.8 Å². The van der Waals surface area contributed by atoms with Gasteiger partial charge in [0.15, 0.2) is 0 Å². The molecule has 1 heterocycles. The summed E-state index contributed by atoms with van der Waals surface area (Å²) >= 11 is 1.84. The molecule has 0 aliphatic carbocycles. The Labute approximate surface area is 144 Å². The number of thioether (sulfide) groups is 1. The van der Waals surface area contributed by atoms with Crippen molar-refractivity contribution in [2.24, 2.45) is 0 Å². The van der Waals surface area contributed by atoms with Gasteiger partial charge in [-0.25, -0.2) is 4.39 Å². The highest BCUT2D eigenvalue weighted by atomic mass is 32.2. The van der Waals surface area contributed by atoms with E-state index in [2.05, 4.69) is 5.32 Å². The average Bonchev–Trinajstić information content (AvgIpc) is 2.62. The zero-order chi connectivity index (χ0) is 16.9. The van der Waals surface area contributed by atoms with Gasteiger partial charge in [-0.15, -0.1) is 0 Å². The average molecular weight is 344 g/mol. The zero-order valence-corrected chi connectivity index (χ0v) is 13.8. The highest BCUT2D eigenvalue weighted by molar-refractivity contribution is 7.99. The van der Waals surface area contributed by atoms with Crippen LogP contribution in [0.25, 0.3) is 0 Å². The number of amides is 2. The van der Waals surface area contributed by atoms with Crippen LogP contribution in [-0.2, 0) is 0 Å². The van der Waals surface area contributed by atoms with E-state index < -0.39 is 11.7 Å². The molecule has 1 aliphatic heterocycles. The SMILES string of the molecule is O=C(Nc1cccc(C(=O)N2CCSCC2)c1)c1cccc(F)c1. The van der Waals surface area contributed by atoms with Crippen LogP contribution in [0.2, 0.25) is 0 Å². The molecule has 1 fully saturated rings. The maximum atomic E-state index is 13.2. The predicted octanol–water partition coefficient (Wildman–Crippen LogP) is 3.27. The molecule has 3 rings (SSSR count). The van der Waals surface area contributed by atoms with Gasteiger partial charge in [0.25, 0.3) is 11.8 Å². The number of hydrogen-bond acceptors (Lipinski definition) is 3. The van der Waals surface area contributed by atoms with E-state index in [1.165, 1.54) is 18.2 Å². The lowest BCUT2D eigenvalue weighted by atomic mass is 10.1. The molecule has 0 aromatic heterocycles. The molecule has 0 unspecified atom stereocenters. The Morgan fingerprint density at radius 1 is 1.00 bits per heavy atom. The number of hydrogen-bond donors (Lipinski definition) is 1. The second-order valence-corrected chi connectivity index (χ2v) is 6.67. The number of halogens is 1. The van der Waals surface area contributed by atoms with Gasteiger partial charge in [-0.05, 0) is 36.4 Å². The number of rotatable bonds is 3. The first-order chi connectivity index (χ1) is 11.6. The van der Waals surface area contributed by atoms with E-state index in [4.69, 9.17) is 0 Å². The van der Waals surface area contributed by atoms with Crippen LogP contribution in [0.4, 0.5) is 10.1 Å². The van der Waals surface area contributed by atoms with Crippen molar-refractivity contribution in [1.29, 1.82) is 0 Å². The second-order valence-electron chi connectivity index (χ2n) is 5.45. The molecule has 1 aliphatic rings. The van der Waals surface area contributed by atoms with Crippen molar-refractivity contribution in [3.63, 3.8) is 0 Å². The first-order valence-corrected chi connectivity index (χ1v) is 8.83. The van der Waals surface area contributed by atoms with Gasteiger partial charge in [0.05, 0.1) is 0 Å². The van der Waals surface area contributed by atoms with Crippen LogP contribution >= 0.6 is 11.8 Å². The number of carbonyl (C=O) groups excluding carboxylic acids is 2. The summed E-state index contributed by atoms with van der Waals surface area (Å²) in [5.41, 5.74) is 1.29. The molecule has 1 N–H and O–H groups in total. The number of nitrogens with zero attached hydrogens (tertiary/aromatic N) is 1. The topological polar surface area (TPSA) is 49.4 Å². The molecule has 0 spiro atoms. The quantitative estimate of drug-likeness (QED) is 0.930. The Morgan fingerprint density at radius 3 is 2.46 bits per heavy atom. The number of anilines is 1. The van der Waals surface area contributed by atoms with Crippen molar-refractivity contribution in [1.82, 2.24) is 4.90 Å². The monoisotopic (exact) mass is 344 g/mol. The number of nitrogens with one attached hydrogen (secondary N) is 1. The van der Waals surface area contributed by atoms with Crippen LogP contribution < -0.4 is 5.32 Å². The number of carbonyl (C=O) groups is 2. The minimum Gasteiger partial charge on any atom is -0.337 e. The minimum atomic E-state index is -0.463. The summed E-state index contributed by atoms with van der Waals surface area (Å²) in [7, 11) is 0. The smallest absolute Gasteiger partial charge is 0.255 e. The third-order valence-corrected chi connectivity index (χ3v) is 4.69. The van der Waals surface area contributed by atoms with Crippen molar-refractivity contribution in [2.45, 2.75) is 0 Å². The fraction of sp³-hybridized carbons (Fsp3) is 0.222. The lowest BCUT2D eigenvalue weighted by Gasteiger charge is -2.26. The first kappa shape index (κ1) is 16.5. The van der Waals surface area contributed by atoms with Crippen molar-refractivity contribution >= 4 is 29.3 Å². The Bertz CT molecular complexity index is 760. The molecule has 1 saturated heterocycles. The van der Waals surface area contributed by atoms with Gasteiger partial charge in [-0.1, -0.05) is 12.1 Å². The van der Waals surface area contributed by atoms with Crippen molar-refractivity contribution in [2.75, 3.05) is 29.9 Å². The van der Waals surface area contributed by atoms with Gasteiger partial charge in [0, 0.05) is 41.4 Å². The Morgan fingerprint density at radius 2 is 1.71 bits per heavy atom. The van der Waals surface area contributed by atoms with Crippen molar-refractivity contribution in [3.05, 3.63) is 65.5 Å². The Balaban J connectivity index is 1.73. The van der Waals surface area contributed by atoms with Crippen molar-refractivity contribution < 1.29 is 14.0 Å². The predicted molar refractivity (Wildman–Crippen MR) is 94.0 cm³/mol. The third-order valence-electron chi connectivity index (χ3n) is 3.75. The largest absolute Gasteiger partial charge is 0.337 e. The molecule has 2 aromatic rings. The summed E-state index contributed by atoms with van der Waals surface area (Å²) in [4.78, 5) is 26.5. The Hall–Kier alpha value is -2.34. The first-order valence-electron chi connectivity index (χ1n) is 7.67. The molecular weight excluding hydrogens is 327 g/mol. The lowest BCUT2D eigenvalue weighted by molar-refractivity contribution is 0.0772. The van der Waals surface area contributed by atoms with Crippen LogP contribution in [-0.4, -0.2) is 41.3 Å². The lowest BCUT2D eigenvalue weighted by Crippen LogP contribution is -2.37. The van der Waals surface area contributed by atoms with Gasteiger partial charge in [0.1, 0.15) is 5.82 Å². The fourth-order valence-electron chi connectivity index (χ4n) is 2.51. The molecule has 0 bridgehead atoms. The van der Waals surface area contributed by atoms with Crippen LogP contribution in [0, 0.1) is 5.82 Å². The Kier molecular flexibility index (Phi) is 5.15. The molecule has 6 heteroatoms. The second kappa shape index (κ2) is 7.49. The summed E-state index contributed by atoms with van der Waals surface area (Å²) < 4.78 is 13.2. The summed E-state index contributed by atoms with van der Waals surface area (Å²) in [5, 5.41) is 2.70. The van der Waals surface area contributed by atoms with E-state index in [1.54, 1.807) is 30.3 Å². The van der Waals surface area contributed by atoms with Crippen molar-refractivity contribution in [3.8, 4) is 0 Å². The van der Waals surface area contributed by atoms with Crippen LogP contribution in [0.3, 0.4) is 0 Å². The maximum absolute atomic E-state index is 13.2. The molecule has 0 atom stereocenters. The van der Waals surface area contributed by atoms with Gasteiger partial charge in [-0.3, -0.25) is 9.59 Å². The maximum Gasteiger partial charge on any atom is 0.255 e. The standard InChI is InChI=1S/C18H17FN2O2S/c19-15-5-1-3-13(11-15)17(22)20-16-6-2-4-14(12-16)18(23)21-7-9-24-10-8-21/h1-6,11-12H,7-10H2,(H,20,22). The molecule has 0 radical (unpaired) electrons. The molecule has 24 heavy (non-hydrogen) atoms.